The molecule has 2 atom stereocenters. The predicted octanol–water partition coefficient (Wildman–Crippen LogP) is 5.19. The van der Waals surface area contributed by atoms with Crippen molar-refractivity contribution < 1.29 is 33.9 Å². The molecule has 0 aliphatic rings. The van der Waals surface area contributed by atoms with Gasteiger partial charge in [-0.25, -0.2) is 4.57 Å². The third-order valence-corrected chi connectivity index (χ3v) is 5.39. The van der Waals surface area contributed by atoms with Gasteiger partial charge in [0, 0.05) is 0 Å². The monoisotopic (exact) mass is 436 g/mol. The molecule has 0 aromatic heterocycles. The van der Waals surface area contributed by atoms with Gasteiger partial charge in [-0.3, -0.25) is 9.32 Å². The average Bonchev–Trinajstić information content (AvgIpc) is 2.65. The summed E-state index contributed by atoms with van der Waals surface area (Å²) in [5, 5.41) is 18.9. The zero-order valence-corrected chi connectivity index (χ0v) is 18.8. The lowest BCUT2D eigenvalue weighted by Crippen LogP contribution is -2.24. The molecule has 0 aliphatic heterocycles. The highest BCUT2D eigenvalue weighted by atomic mass is 31.2. The number of aliphatic hydroxyl groups excluding tert-OH is 1. The quantitative estimate of drug-likeness (QED) is 0.117. The Morgan fingerprint density at radius 2 is 1.45 bits per heavy atom. The van der Waals surface area contributed by atoms with Gasteiger partial charge in [-0.1, -0.05) is 70.4 Å². The van der Waals surface area contributed by atoms with E-state index < -0.39 is 32.4 Å². The van der Waals surface area contributed by atoms with Crippen LogP contribution >= 0.6 is 7.82 Å². The lowest BCUT2D eigenvalue weighted by molar-refractivity contribution is -0.143. The molecule has 4 N–H and O–H groups in total. The number of carboxylic acids is 1. The standard InChI is InChI=1S/C21H41O7P/c1-2-3-4-5-6-7-8-9-10-11-12-13-14-15-16-19(21(23)24)17-20(22)18-28-29(25,26)27/h9-10,19-20,22H,2-8,11-18H2,1H3,(H,23,24)(H2,25,26,27)/b10-9-/t19?,20-/m1/s1. The number of phosphoric acid groups is 1. The van der Waals surface area contributed by atoms with E-state index in [1.54, 1.807) is 0 Å². The molecule has 29 heavy (non-hydrogen) atoms. The smallest absolute Gasteiger partial charge is 0.469 e. The first-order valence-corrected chi connectivity index (χ1v) is 12.5. The molecule has 0 amide bonds. The number of aliphatic carboxylic acids is 1. The van der Waals surface area contributed by atoms with Crippen LogP contribution < -0.4 is 0 Å². The lowest BCUT2D eigenvalue weighted by Gasteiger charge is -2.17. The van der Waals surface area contributed by atoms with E-state index in [0.717, 1.165) is 38.5 Å². The van der Waals surface area contributed by atoms with Crippen molar-refractivity contribution in [2.45, 2.75) is 103 Å². The molecule has 0 fully saturated rings. The van der Waals surface area contributed by atoms with Gasteiger partial charge in [0.1, 0.15) is 0 Å². The Kier molecular flexibility index (Phi) is 17.6. The molecule has 0 aromatic carbocycles. The number of hydrogen-bond donors (Lipinski definition) is 4. The first-order valence-electron chi connectivity index (χ1n) is 11.0. The van der Waals surface area contributed by atoms with Crippen LogP contribution in [0.1, 0.15) is 96.8 Å². The van der Waals surface area contributed by atoms with E-state index in [1.165, 1.54) is 38.5 Å². The van der Waals surface area contributed by atoms with Crippen molar-refractivity contribution in [3.8, 4) is 0 Å². The first kappa shape index (κ1) is 28.3. The normalized spacial score (nSPS) is 14.3. The number of allylic oxidation sites excluding steroid dienone is 2. The number of phosphoric ester groups is 1. The van der Waals surface area contributed by atoms with Gasteiger partial charge in [0.2, 0.25) is 0 Å². The van der Waals surface area contributed by atoms with Crippen molar-refractivity contribution in [2.24, 2.45) is 5.92 Å². The van der Waals surface area contributed by atoms with Gasteiger partial charge in [-0.2, -0.15) is 0 Å². The fourth-order valence-corrected chi connectivity index (χ4v) is 3.57. The Morgan fingerprint density at radius 1 is 0.931 bits per heavy atom. The van der Waals surface area contributed by atoms with Crippen LogP contribution in [0.5, 0.6) is 0 Å². The minimum Gasteiger partial charge on any atom is -0.481 e. The number of hydrogen-bond acceptors (Lipinski definition) is 4. The minimum atomic E-state index is -4.65. The molecule has 0 rings (SSSR count). The summed E-state index contributed by atoms with van der Waals surface area (Å²) in [5.41, 5.74) is 0. The molecule has 0 aliphatic carbocycles. The Labute approximate surface area is 175 Å². The van der Waals surface area contributed by atoms with Crippen LogP contribution in [0, 0.1) is 5.92 Å². The van der Waals surface area contributed by atoms with Crippen LogP contribution in [0.3, 0.4) is 0 Å². The third kappa shape index (κ3) is 20.3. The molecule has 0 spiro atoms. The second-order valence-electron chi connectivity index (χ2n) is 7.73. The lowest BCUT2D eigenvalue weighted by atomic mass is 9.95. The summed E-state index contributed by atoms with van der Waals surface area (Å²) in [6, 6.07) is 0. The zero-order valence-electron chi connectivity index (χ0n) is 17.9. The van der Waals surface area contributed by atoms with E-state index in [9.17, 15) is 19.6 Å². The van der Waals surface area contributed by atoms with E-state index in [1.807, 2.05) is 0 Å². The molecule has 0 radical (unpaired) electrons. The van der Waals surface area contributed by atoms with Crippen LogP contribution in [0.2, 0.25) is 0 Å². The highest BCUT2D eigenvalue weighted by Crippen LogP contribution is 2.36. The SMILES string of the molecule is CCCCCCCC/C=C\CCCCCCC(C[C@@H](O)COP(=O)(O)O)C(=O)O. The largest absolute Gasteiger partial charge is 0.481 e. The van der Waals surface area contributed by atoms with Crippen molar-refractivity contribution in [3.63, 3.8) is 0 Å². The Balaban J connectivity index is 3.70. The fourth-order valence-electron chi connectivity index (χ4n) is 3.21. The molecule has 8 heteroatoms. The Morgan fingerprint density at radius 3 is 1.97 bits per heavy atom. The summed E-state index contributed by atoms with van der Waals surface area (Å²) >= 11 is 0. The van der Waals surface area contributed by atoms with Gasteiger partial charge in [0.25, 0.3) is 0 Å². The predicted molar refractivity (Wildman–Crippen MR) is 115 cm³/mol. The highest BCUT2D eigenvalue weighted by molar-refractivity contribution is 7.46. The van der Waals surface area contributed by atoms with Crippen LogP contribution in [0.15, 0.2) is 12.2 Å². The first-order chi connectivity index (χ1) is 13.8. The molecule has 7 nitrogen and oxygen atoms in total. The zero-order chi connectivity index (χ0) is 22.0. The summed E-state index contributed by atoms with van der Waals surface area (Å²) < 4.78 is 14.8. The van der Waals surface area contributed by atoms with Gasteiger partial charge in [0.15, 0.2) is 0 Å². The van der Waals surface area contributed by atoms with E-state index in [2.05, 4.69) is 23.6 Å². The minimum absolute atomic E-state index is 0.0729. The maximum atomic E-state index is 11.3. The van der Waals surface area contributed by atoms with Crippen molar-refractivity contribution >= 4 is 13.8 Å². The fraction of sp³-hybridized carbons (Fsp3) is 0.857. The van der Waals surface area contributed by atoms with Crippen molar-refractivity contribution in [2.75, 3.05) is 6.61 Å². The van der Waals surface area contributed by atoms with Gasteiger partial charge in [0.05, 0.1) is 18.6 Å². The Hall–Kier alpha value is -0.720. The summed E-state index contributed by atoms with van der Waals surface area (Å²) in [6.07, 6.45) is 17.6. The van der Waals surface area contributed by atoms with Crippen LogP contribution in [0.25, 0.3) is 0 Å². The maximum absolute atomic E-state index is 11.3. The van der Waals surface area contributed by atoms with Gasteiger partial charge in [-0.15, -0.1) is 0 Å². The Bertz CT molecular complexity index is 476. The van der Waals surface area contributed by atoms with Crippen molar-refractivity contribution in [3.05, 3.63) is 12.2 Å². The summed E-state index contributed by atoms with van der Waals surface area (Å²) in [7, 11) is -4.65. The number of rotatable bonds is 20. The van der Waals surface area contributed by atoms with Gasteiger partial charge in [-0.05, 0) is 38.5 Å². The summed E-state index contributed by atoms with van der Waals surface area (Å²) in [5.74, 6) is -1.74. The number of carboxylic acid groups (broad SMARTS) is 1. The highest BCUT2D eigenvalue weighted by Gasteiger charge is 2.23. The molecule has 0 saturated carbocycles. The molecule has 0 heterocycles. The number of aliphatic hydroxyl groups is 1. The van der Waals surface area contributed by atoms with Gasteiger partial charge < -0.3 is 20.0 Å². The molecule has 1 unspecified atom stereocenters. The van der Waals surface area contributed by atoms with Gasteiger partial charge >= 0.3 is 13.8 Å². The van der Waals surface area contributed by atoms with Crippen molar-refractivity contribution in [1.82, 2.24) is 0 Å². The van der Waals surface area contributed by atoms with E-state index in [0.29, 0.717) is 6.42 Å². The third-order valence-electron chi connectivity index (χ3n) is 4.91. The number of carbonyl (C=O) groups is 1. The van der Waals surface area contributed by atoms with Crippen molar-refractivity contribution in [1.29, 1.82) is 0 Å². The van der Waals surface area contributed by atoms with Crippen LogP contribution in [0.4, 0.5) is 0 Å². The summed E-state index contributed by atoms with van der Waals surface area (Å²) in [4.78, 5) is 28.5. The molecule has 172 valence electrons. The van der Waals surface area contributed by atoms with E-state index >= 15 is 0 Å². The van der Waals surface area contributed by atoms with Crippen LogP contribution in [-0.4, -0.2) is 38.7 Å². The molecule has 0 saturated heterocycles. The molecular weight excluding hydrogens is 395 g/mol. The molecular formula is C21H41O7P. The second-order valence-corrected chi connectivity index (χ2v) is 8.97. The molecule has 0 bridgehead atoms. The molecule has 0 aromatic rings. The average molecular weight is 437 g/mol. The topological polar surface area (TPSA) is 124 Å². The van der Waals surface area contributed by atoms with Crippen LogP contribution in [-0.2, 0) is 13.9 Å². The maximum Gasteiger partial charge on any atom is 0.469 e. The second kappa shape index (κ2) is 18.1. The number of unbranched alkanes of at least 4 members (excludes halogenated alkanes) is 10. The summed E-state index contributed by atoms with van der Waals surface area (Å²) in [6.45, 7) is 1.66. The van der Waals surface area contributed by atoms with E-state index in [-0.39, 0.29) is 6.42 Å². The van der Waals surface area contributed by atoms with E-state index in [4.69, 9.17) is 9.79 Å².